The van der Waals surface area contributed by atoms with Gasteiger partial charge < -0.3 is 9.84 Å². The minimum absolute atomic E-state index is 0.193. The molecule has 0 aromatic heterocycles. The van der Waals surface area contributed by atoms with Gasteiger partial charge >= 0.3 is 5.69 Å². The smallest absolute Gasteiger partial charge is 0.318 e. The van der Waals surface area contributed by atoms with Crippen LogP contribution < -0.4 is 10.2 Å². The van der Waals surface area contributed by atoms with Crippen molar-refractivity contribution in [1.29, 1.82) is 0 Å². The highest BCUT2D eigenvalue weighted by Crippen LogP contribution is 2.34. The monoisotopic (exact) mass is 467 g/mol. The van der Waals surface area contributed by atoms with E-state index in [0.29, 0.717) is 5.56 Å². The van der Waals surface area contributed by atoms with E-state index in [4.69, 9.17) is 4.74 Å². The molecule has 0 bridgehead atoms. The zero-order valence-electron chi connectivity index (χ0n) is 16.9. The van der Waals surface area contributed by atoms with E-state index >= 15 is 0 Å². The number of carbonyl (C=O) groups excluding carboxylic acids is 1. The summed E-state index contributed by atoms with van der Waals surface area (Å²) >= 11 is 0. The molecule has 3 rings (SSSR count). The Hall–Kier alpha value is -5.40. The Morgan fingerprint density at radius 2 is 1.50 bits per heavy atom. The van der Waals surface area contributed by atoms with E-state index in [1.54, 1.807) is 0 Å². The van der Waals surface area contributed by atoms with Crippen molar-refractivity contribution in [3.8, 4) is 17.2 Å². The number of nitro benzene ring substituents is 3. The van der Waals surface area contributed by atoms with E-state index in [9.17, 15) is 40.2 Å². The van der Waals surface area contributed by atoms with Crippen molar-refractivity contribution in [2.45, 2.75) is 0 Å². The van der Waals surface area contributed by atoms with E-state index in [2.05, 4.69) is 10.5 Å². The number of hydrazone groups is 1. The summed E-state index contributed by atoms with van der Waals surface area (Å²) < 4.78 is 5.44. The number of phenolic OH excluding ortho intramolecular Hbond substituents is 1. The quantitative estimate of drug-likeness (QED) is 0.281. The second-order valence-corrected chi connectivity index (χ2v) is 6.50. The van der Waals surface area contributed by atoms with Crippen LogP contribution in [0.3, 0.4) is 0 Å². The molecule has 3 aromatic carbocycles. The number of rotatable bonds is 8. The molecule has 0 saturated carbocycles. The number of nitro groups is 3. The van der Waals surface area contributed by atoms with Crippen LogP contribution in [0.4, 0.5) is 17.1 Å². The fourth-order valence-electron chi connectivity index (χ4n) is 2.64. The van der Waals surface area contributed by atoms with Crippen LogP contribution in [0.25, 0.3) is 0 Å². The molecule has 0 fully saturated rings. The number of nitrogens with zero attached hydrogens (tertiary/aromatic N) is 4. The van der Waals surface area contributed by atoms with Crippen LogP contribution in [0.2, 0.25) is 0 Å². The maximum atomic E-state index is 12.1. The third-order valence-electron chi connectivity index (χ3n) is 4.27. The van der Waals surface area contributed by atoms with Crippen molar-refractivity contribution in [2.75, 3.05) is 0 Å². The lowest BCUT2D eigenvalue weighted by Gasteiger charge is -2.06. The minimum Gasteiger partial charge on any atom is -0.507 e. The van der Waals surface area contributed by atoms with Gasteiger partial charge in [-0.1, -0.05) is 0 Å². The molecular weight excluding hydrogens is 454 g/mol. The molecule has 0 heterocycles. The third kappa shape index (κ3) is 5.44. The van der Waals surface area contributed by atoms with Crippen LogP contribution in [0.1, 0.15) is 15.9 Å². The molecule has 0 atom stereocenters. The summed E-state index contributed by atoms with van der Waals surface area (Å²) in [6, 6.07) is 11.9. The first-order valence-electron chi connectivity index (χ1n) is 9.17. The predicted octanol–water partition coefficient (Wildman–Crippen LogP) is 3.67. The van der Waals surface area contributed by atoms with Crippen LogP contribution in [0, 0.1) is 30.3 Å². The zero-order valence-corrected chi connectivity index (χ0v) is 16.9. The van der Waals surface area contributed by atoms with Gasteiger partial charge in [0.15, 0.2) is 0 Å². The maximum absolute atomic E-state index is 12.1. The molecule has 2 N–H and O–H groups in total. The molecule has 0 unspecified atom stereocenters. The van der Waals surface area contributed by atoms with E-state index in [1.807, 2.05) is 0 Å². The Morgan fingerprint density at radius 1 is 0.882 bits per heavy atom. The summed E-state index contributed by atoms with van der Waals surface area (Å²) in [7, 11) is 0. The highest BCUT2D eigenvalue weighted by atomic mass is 16.6. The summed E-state index contributed by atoms with van der Waals surface area (Å²) in [5, 5.41) is 46.3. The second-order valence-electron chi connectivity index (χ2n) is 6.50. The number of aromatic hydroxyl groups is 1. The number of ether oxygens (including phenoxy) is 1. The van der Waals surface area contributed by atoms with Gasteiger partial charge in [0.05, 0.1) is 32.6 Å². The number of carbonyl (C=O) groups is 1. The summed E-state index contributed by atoms with van der Waals surface area (Å²) in [6.45, 7) is 0. The minimum atomic E-state index is -0.872. The summed E-state index contributed by atoms with van der Waals surface area (Å²) in [5.74, 6) is -1.33. The largest absolute Gasteiger partial charge is 0.507 e. The van der Waals surface area contributed by atoms with Crippen molar-refractivity contribution in [2.24, 2.45) is 5.10 Å². The summed E-state index contributed by atoms with van der Waals surface area (Å²) in [6.07, 6.45) is 1.24. The van der Waals surface area contributed by atoms with Gasteiger partial charge in [0.2, 0.25) is 5.75 Å². The van der Waals surface area contributed by atoms with Crippen LogP contribution >= 0.6 is 0 Å². The standard InChI is InChI=1S/C20H13N5O9/c26-18-7-3-13(23(28)29)9-16(18)20(27)22-21-11-12-1-5-15(6-2-12)34-19-8-4-14(24(30)31)10-17(19)25(32)33/h1-11,26H,(H,22,27)/b21-11-. The highest BCUT2D eigenvalue weighted by molar-refractivity contribution is 5.98. The molecule has 0 aliphatic rings. The number of nitrogens with one attached hydrogen (secondary N) is 1. The summed E-state index contributed by atoms with van der Waals surface area (Å²) in [5.41, 5.74) is 0.868. The lowest BCUT2D eigenvalue weighted by Crippen LogP contribution is -2.18. The van der Waals surface area contributed by atoms with Crippen LogP contribution in [-0.4, -0.2) is 32.0 Å². The first-order chi connectivity index (χ1) is 16.2. The average Bonchev–Trinajstić information content (AvgIpc) is 2.80. The van der Waals surface area contributed by atoms with Gasteiger partial charge in [-0.2, -0.15) is 5.10 Å². The van der Waals surface area contributed by atoms with E-state index in [0.717, 1.165) is 36.4 Å². The molecule has 1 amide bonds. The van der Waals surface area contributed by atoms with Crippen molar-refractivity contribution in [3.63, 3.8) is 0 Å². The summed E-state index contributed by atoms with van der Waals surface area (Å²) in [4.78, 5) is 42.7. The molecule has 34 heavy (non-hydrogen) atoms. The number of hydrogen-bond acceptors (Lipinski definition) is 10. The topological polar surface area (TPSA) is 200 Å². The molecular formula is C20H13N5O9. The van der Waals surface area contributed by atoms with E-state index in [-0.39, 0.29) is 22.7 Å². The fourth-order valence-corrected chi connectivity index (χ4v) is 2.64. The van der Waals surface area contributed by atoms with Gasteiger partial charge in [0.25, 0.3) is 17.3 Å². The molecule has 0 saturated heterocycles. The Morgan fingerprint density at radius 3 is 2.12 bits per heavy atom. The zero-order chi connectivity index (χ0) is 24.8. The predicted molar refractivity (Wildman–Crippen MR) is 116 cm³/mol. The number of non-ortho nitro benzene ring substituents is 2. The van der Waals surface area contributed by atoms with Gasteiger partial charge in [-0.15, -0.1) is 0 Å². The normalized spacial score (nSPS) is 10.6. The third-order valence-corrected chi connectivity index (χ3v) is 4.27. The van der Waals surface area contributed by atoms with Crippen LogP contribution in [0.5, 0.6) is 17.2 Å². The lowest BCUT2D eigenvalue weighted by molar-refractivity contribution is -0.394. The maximum Gasteiger partial charge on any atom is 0.318 e. The Kier molecular flexibility index (Phi) is 6.72. The SMILES string of the molecule is O=C(N/N=C\c1ccc(Oc2ccc([N+](=O)[O-])cc2[N+](=O)[O-])cc1)c1cc([N+](=O)[O-])ccc1O. The van der Waals surface area contributed by atoms with Gasteiger partial charge in [-0.05, 0) is 42.0 Å². The van der Waals surface area contributed by atoms with Crippen molar-refractivity contribution in [3.05, 3.63) is 102 Å². The van der Waals surface area contributed by atoms with E-state index < -0.39 is 37.8 Å². The number of phenols is 1. The lowest BCUT2D eigenvalue weighted by atomic mass is 10.1. The van der Waals surface area contributed by atoms with Gasteiger partial charge in [-0.3, -0.25) is 35.1 Å². The Bertz CT molecular complexity index is 1320. The van der Waals surface area contributed by atoms with Gasteiger partial charge in [0, 0.05) is 18.2 Å². The second kappa shape index (κ2) is 9.82. The Labute approximate surface area is 189 Å². The van der Waals surface area contributed by atoms with Crippen molar-refractivity contribution in [1.82, 2.24) is 5.43 Å². The molecule has 172 valence electrons. The average molecular weight is 467 g/mol. The van der Waals surface area contributed by atoms with E-state index in [1.165, 1.54) is 30.5 Å². The number of amides is 1. The highest BCUT2D eigenvalue weighted by Gasteiger charge is 2.21. The molecule has 0 radical (unpaired) electrons. The van der Waals surface area contributed by atoms with Crippen LogP contribution in [-0.2, 0) is 0 Å². The first kappa shape index (κ1) is 23.3. The van der Waals surface area contributed by atoms with Crippen molar-refractivity contribution < 1.29 is 29.4 Å². The first-order valence-corrected chi connectivity index (χ1v) is 9.17. The van der Waals surface area contributed by atoms with Crippen LogP contribution in [0.15, 0.2) is 65.8 Å². The number of benzene rings is 3. The molecule has 0 aliphatic heterocycles. The molecule has 0 spiro atoms. The van der Waals surface area contributed by atoms with Gasteiger partial charge in [0.1, 0.15) is 11.5 Å². The Balaban J connectivity index is 1.68. The molecule has 3 aromatic rings. The number of hydrogen-bond donors (Lipinski definition) is 2. The molecule has 14 heteroatoms. The van der Waals surface area contributed by atoms with Crippen molar-refractivity contribution >= 4 is 29.2 Å². The van der Waals surface area contributed by atoms with Gasteiger partial charge in [-0.25, -0.2) is 5.43 Å². The fraction of sp³-hybridized carbons (Fsp3) is 0. The molecule has 0 aliphatic carbocycles. The molecule has 14 nitrogen and oxygen atoms in total.